The largest absolute Gasteiger partial charge is 0.451 e. The molecule has 1 aromatic heterocycles. The monoisotopic (exact) mass is 451 g/mol. The van der Waals surface area contributed by atoms with E-state index in [0.717, 1.165) is 24.2 Å². The SMILES string of the molecule is N#CCCN(C(=O)COC(=O)c1sccc1S(=O)(=O)NC1CC1)c1ccc(F)cc1. The Hall–Kier alpha value is -2.81. The summed E-state index contributed by atoms with van der Waals surface area (Å²) in [5.74, 6) is -2.04. The van der Waals surface area contributed by atoms with E-state index in [9.17, 15) is 22.4 Å². The van der Waals surface area contributed by atoms with Crippen molar-refractivity contribution in [3.8, 4) is 6.07 Å². The lowest BCUT2D eigenvalue weighted by Gasteiger charge is -2.21. The number of ether oxygens (including phenoxy) is 1. The third kappa shape index (κ3) is 5.41. The molecule has 1 fully saturated rings. The number of nitrogens with zero attached hydrogens (tertiary/aromatic N) is 2. The normalized spacial score (nSPS) is 13.5. The van der Waals surface area contributed by atoms with E-state index in [1.54, 1.807) is 0 Å². The van der Waals surface area contributed by atoms with Crippen molar-refractivity contribution >= 4 is 38.9 Å². The smallest absolute Gasteiger partial charge is 0.350 e. The Kier molecular flexibility index (Phi) is 6.81. The number of carbonyl (C=O) groups excluding carboxylic acids is 2. The highest BCUT2D eigenvalue weighted by molar-refractivity contribution is 7.89. The predicted molar refractivity (Wildman–Crippen MR) is 107 cm³/mol. The zero-order valence-electron chi connectivity index (χ0n) is 15.7. The Bertz CT molecular complexity index is 1070. The Morgan fingerprint density at radius 1 is 1.27 bits per heavy atom. The quantitative estimate of drug-likeness (QED) is 0.586. The van der Waals surface area contributed by atoms with Gasteiger partial charge in [-0.05, 0) is 48.6 Å². The van der Waals surface area contributed by atoms with Crippen LogP contribution in [0.5, 0.6) is 0 Å². The van der Waals surface area contributed by atoms with Crippen LogP contribution in [0.1, 0.15) is 28.9 Å². The summed E-state index contributed by atoms with van der Waals surface area (Å²) in [6.07, 6.45) is 1.52. The standard InChI is InChI=1S/C19H18FN3O5S2/c20-13-2-6-15(7-3-13)23(10-1-9-21)17(24)12-28-19(25)18-16(8-11-29-18)30(26,27)22-14-4-5-14/h2-3,6-8,11,14,22H,1,4-5,10,12H2. The van der Waals surface area contributed by atoms with E-state index in [-0.39, 0.29) is 28.8 Å². The molecule has 0 atom stereocenters. The van der Waals surface area contributed by atoms with Crippen molar-refractivity contribution in [1.29, 1.82) is 5.26 Å². The molecule has 0 aliphatic heterocycles. The molecular formula is C19H18FN3O5S2. The van der Waals surface area contributed by atoms with Gasteiger partial charge in [-0.2, -0.15) is 5.26 Å². The molecule has 11 heteroatoms. The van der Waals surface area contributed by atoms with E-state index in [0.29, 0.717) is 5.69 Å². The van der Waals surface area contributed by atoms with E-state index in [1.807, 2.05) is 6.07 Å². The minimum atomic E-state index is -3.85. The van der Waals surface area contributed by atoms with Crippen LogP contribution in [-0.2, 0) is 19.6 Å². The van der Waals surface area contributed by atoms with Gasteiger partial charge >= 0.3 is 5.97 Å². The van der Waals surface area contributed by atoms with Crippen molar-refractivity contribution in [2.45, 2.75) is 30.2 Å². The second kappa shape index (κ2) is 9.34. The van der Waals surface area contributed by atoms with Gasteiger partial charge in [-0.3, -0.25) is 4.79 Å². The van der Waals surface area contributed by atoms with Crippen molar-refractivity contribution in [1.82, 2.24) is 4.72 Å². The fourth-order valence-electron chi connectivity index (χ4n) is 2.59. The molecule has 1 aromatic carbocycles. The number of sulfonamides is 1. The topological polar surface area (TPSA) is 117 Å². The summed E-state index contributed by atoms with van der Waals surface area (Å²) in [6, 6.07) is 8.20. The Morgan fingerprint density at radius 2 is 1.97 bits per heavy atom. The minimum absolute atomic E-state index is 0.0250. The minimum Gasteiger partial charge on any atom is -0.451 e. The summed E-state index contributed by atoms with van der Waals surface area (Å²) in [5, 5.41) is 10.3. The number of anilines is 1. The fraction of sp³-hybridized carbons (Fsp3) is 0.316. The van der Waals surface area contributed by atoms with E-state index >= 15 is 0 Å². The van der Waals surface area contributed by atoms with E-state index in [4.69, 9.17) is 10.00 Å². The van der Waals surface area contributed by atoms with Gasteiger partial charge in [0.15, 0.2) is 6.61 Å². The first-order valence-electron chi connectivity index (χ1n) is 9.01. The molecule has 0 unspecified atom stereocenters. The molecule has 8 nitrogen and oxygen atoms in total. The molecule has 1 heterocycles. The Labute approximate surface area is 176 Å². The van der Waals surface area contributed by atoms with E-state index < -0.39 is 34.3 Å². The first-order valence-corrected chi connectivity index (χ1v) is 11.4. The summed E-state index contributed by atoms with van der Waals surface area (Å²) >= 11 is 0.901. The Morgan fingerprint density at radius 3 is 2.60 bits per heavy atom. The van der Waals surface area contributed by atoms with Gasteiger partial charge in [0.2, 0.25) is 10.0 Å². The molecule has 1 amide bonds. The molecule has 1 aliphatic carbocycles. The van der Waals surface area contributed by atoms with Crippen LogP contribution in [0.25, 0.3) is 0 Å². The van der Waals surface area contributed by atoms with Gasteiger partial charge in [-0.25, -0.2) is 22.3 Å². The number of hydrogen-bond acceptors (Lipinski definition) is 7. The van der Waals surface area contributed by atoms with Crippen LogP contribution in [0.2, 0.25) is 0 Å². The molecule has 30 heavy (non-hydrogen) atoms. The summed E-state index contributed by atoms with van der Waals surface area (Å²) in [6.45, 7) is -0.627. The molecule has 1 aliphatic rings. The summed E-state index contributed by atoms with van der Waals surface area (Å²) in [7, 11) is -3.85. The molecule has 0 bridgehead atoms. The second-order valence-electron chi connectivity index (χ2n) is 6.52. The highest BCUT2D eigenvalue weighted by atomic mass is 32.2. The zero-order valence-corrected chi connectivity index (χ0v) is 17.3. The average Bonchev–Trinajstić information content (AvgIpc) is 3.36. The molecular weight excluding hydrogens is 433 g/mol. The lowest BCUT2D eigenvalue weighted by Crippen LogP contribution is -2.35. The average molecular weight is 452 g/mol. The number of benzene rings is 1. The second-order valence-corrected chi connectivity index (χ2v) is 9.11. The molecule has 3 rings (SSSR count). The number of esters is 1. The number of amides is 1. The van der Waals surface area contributed by atoms with Crippen LogP contribution in [0.15, 0.2) is 40.6 Å². The summed E-state index contributed by atoms with van der Waals surface area (Å²) in [5.41, 5.74) is 0.348. The van der Waals surface area contributed by atoms with Crippen molar-refractivity contribution in [3.63, 3.8) is 0 Å². The van der Waals surface area contributed by atoms with Gasteiger partial charge in [0, 0.05) is 18.3 Å². The predicted octanol–water partition coefficient (Wildman–Crippen LogP) is 2.43. The van der Waals surface area contributed by atoms with E-state index in [2.05, 4.69) is 4.72 Å². The first-order chi connectivity index (χ1) is 14.3. The van der Waals surface area contributed by atoms with Gasteiger partial charge in [0.25, 0.3) is 5.91 Å². The fourth-order valence-corrected chi connectivity index (χ4v) is 5.21. The van der Waals surface area contributed by atoms with Crippen LogP contribution >= 0.6 is 11.3 Å². The lowest BCUT2D eigenvalue weighted by atomic mass is 10.2. The molecule has 0 spiro atoms. The van der Waals surface area contributed by atoms with Gasteiger partial charge in [-0.1, -0.05) is 0 Å². The van der Waals surface area contributed by atoms with Crippen molar-refractivity contribution in [2.75, 3.05) is 18.1 Å². The van der Waals surface area contributed by atoms with Crippen LogP contribution < -0.4 is 9.62 Å². The van der Waals surface area contributed by atoms with Gasteiger partial charge in [0.05, 0.1) is 12.5 Å². The highest BCUT2D eigenvalue weighted by Crippen LogP contribution is 2.27. The number of nitrogens with one attached hydrogen (secondary N) is 1. The van der Waals surface area contributed by atoms with Crippen molar-refractivity contribution in [2.24, 2.45) is 0 Å². The molecule has 158 valence electrons. The molecule has 0 radical (unpaired) electrons. The maximum Gasteiger partial charge on any atom is 0.350 e. The van der Waals surface area contributed by atoms with Crippen LogP contribution in [0.3, 0.4) is 0 Å². The summed E-state index contributed by atoms with van der Waals surface area (Å²) in [4.78, 5) is 25.9. The van der Waals surface area contributed by atoms with Crippen molar-refractivity contribution in [3.05, 3.63) is 46.4 Å². The molecule has 0 saturated heterocycles. The Balaban J connectivity index is 1.68. The highest BCUT2D eigenvalue weighted by Gasteiger charge is 2.32. The van der Waals surface area contributed by atoms with E-state index in [1.165, 1.54) is 40.6 Å². The number of hydrogen-bond donors (Lipinski definition) is 1. The first kappa shape index (κ1) is 21.9. The van der Waals surface area contributed by atoms with Gasteiger partial charge < -0.3 is 9.64 Å². The van der Waals surface area contributed by atoms with Crippen molar-refractivity contribution < 1.29 is 27.1 Å². The van der Waals surface area contributed by atoms with Crippen LogP contribution in [-0.4, -0.2) is 39.5 Å². The number of carbonyl (C=O) groups is 2. The number of nitriles is 1. The molecule has 1 N–H and O–H groups in total. The number of rotatable bonds is 9. The third-order valence-corrected chi connectivity index (χ3v) is 6.80. The lowest BCUT2D eigenvalue weighted by molar-refractivity contribution is -0.121. The third-order valence-electron chi connectivity index (χ3n) is 4.22. The molecule has 2 aromatic rings. The van der Waals surface area contributed by atoms with Crippen LogP contribution in [0, 0.1) is 17.1 Å². The maximum atomic E-state index is 13.2. The zero-order chi connectivity index (χ0) is 21.7. The van der Waals surface area contributed by atoms with Gasteiger partial charge in [0.1, 0.15) is 15.6 Å². The number of halogens is 1. The van der Waals surface area contributed by atoms with Crippen LogP contribution in [0.4, 0.5) is 10.1 Å². The summed E-state index contributed by atoms with van der Waals surface area (Å²) < 4.78 is 45.5. The van der Waals surface area contributed by atoms with Gasteiger partial charge in [-0.15, -0.1) is 11.3 Å². The maximum absolute atomic E-state index is 13.2. The molecule has 1 saturated carbocycles. The number of thiophene rings is 1.